The molecule has 116 valence electrons. The fraction of sp³-hybridized carbons (Fsp3) is 0.231. The Morgan fingerprint density at radius 2 is 1.86 bits per heavy atom. The standard InChI is InChI=1S/C13H12Cl3N5O/c1-20(2)8-10(11(22)13(14,15)16)12-17-18-19-21(12)9-6-4-3-5-7-9/h3-8H,1-2H3/b10-8-. The zero-order chi connectivity index (χ0) is 16.3. The monoisotopic (exact) mass is 359 g/mol. The molecule has 0 aliphatic heterocycles. The van der Waals surface area contributed by atoms with Gasteiger partial charge < -0.3 is 4.90 Å². The molecule has 0 N–H and O–H groups in total. The first-order valence-electron chi connectivity index (χ1n) is 6.14. The summed E-state index contributed by atoms with van der Waals surface area (Å²) >= 11 is 17.2. The second-order valence-electron chi connectivity index (χ2n) is 4.58. The number of hydrogen-bond acceptors (Lipinski definition) is 5. The lowest BCUT2D eigenvalue weighted by Crippen LogP contribution is -2.23. The number of carbonyl (C=O) groups is 1. The summed E-state index contributed by atoms with van der Waals surface area (Å²) in [6.45, 7) is 0. The van der Waals surface area contributed by atoms with Gasteiger partial charge in [0.1, 0.15) is 0 Å². The summed E-state index contributed by atoms with van der Waals surface area (Å²) in [6, 6.07) is 9.11. The van der Waals surface area contributed by atoms with Crippen molar-refractivity contribution in [1.82, 2.24) is 25.1 Å². The van der Waals surface area contributed by atoms with Gasteiger partial charge in [-0.05, 0) is 22.6 Å². The minimum absolute atomic E-state index is 0.0962. The van der Waals surface area contributed by atoms with Gasteiger partial charge in [-0.1, -0.05) is 53.0 Å². The summed E-state index contributed by atoms with van der Waals surface area (Å²) in [4.78, 5) is 14.0. The number of nitrogens with zero attached hydrogens (tertiary/aromatic N) is 5. The molecule has 1 aromatic heterocycles. The van der Waals surface area contributed by atoms with Crippen LogP contribution in [0.25, 0.3) is 11.3 Å². The molecular formula is C13H12Cl3N5O. The van der Waals surface area contributed by atoms with E-state index in [4.69, 9.17) is 34.8 Å². The second kappa shape index (κ2) is 6.64. The van der Waals surface area contributed by atoms with Crippen molar-refractivity contribution >= 4 is 46.2 Å². The van der Waals surface area contributed by atoms with Crippen molar-refractivity contribution in [2.45, 2.75) is 3.79 Å². The lowest BCUT2D eigenvalue weighted by molar-refractivity contribution is -0.113. The van der Waals surface area contributed by atoms with Gasteiger partial charge in [0.25, 0.3) is 3.79 Å². The number of carbonyl (C=O) groups excluding carboxylic acids is 1. The molecule has 0 saturated carbocycles. The number of rotatable bonds is 4. The van der Waals surface area contributed by atoms with Gasteiger partial charge >= 0.3 is 0 Å². The highest BCUT2D eigenvalue weighted by Gasteiger charge is 2.36. The van der Waals surface area contributed by atoms with Crippen molar-refractivity contribution in [2.75, 3.05) is 14.1 Å². The average molecular weight is 361 g/mol. The Morgan fingerprint density at radius 3 is 2.41 bits per heavy atom. The zero-order valence-electron chi connectivity index (χ0n) is 11.7. The third kappa shape index (κ3) is 3.76. The van der Waals surface area contributed by atoms with Crippen molar-refractivity contribution in [3.63, 3.8) is 0 Å². The lowest BCUT2D eigenvalue weighted by Gasteiger charge is -2.15. The second-order valence-corrected chi connectivity index (χ2v) is 6.86. The molecule has 0 saturated heterocycles. The van der Waals surface area contributed by atoms with Crippen LogP contribution in [0.15, 0.2) is 36.5 Å². The molecule has 0 aliphatic carbocycles. The molecule has 0 amide bonds. The third-order valence-corrected chi connectivity index (χ3v) is 3.12. The smallest absolute Gasteiger partial charge is 0.253 e. The first-order chi connectivity index (χ1) is 10.3. The predicted octanol–water partition coefficient (Wildman–Crippen LogP) is 2.50. The fourth-order valence-electron chi connectivity index (χ4n) is 1.73. The number of halogens is 3. The van der Waals surface area contributed by atoms with Crippen LogP contribution in [0.2, 0.25) is 0 Å². The molecule has 0 unspecified atom stereocenters. The van der Waals surface area contributed by atoms with Crippen LogP contribution in [-0.2, 0) is 4.79 Å². The van der Waals surface area contributed by atoms with E-state index in [2.05, 4.69) is 15.5 Å². The molecule has 6 nitrogen and oxygen atoms in total. The van der Waals surface area contributed by atoms with Crippen molar-refractivity contribution in [2.24, 2.45) is 0 Å². The first kappa shape index (κ1) is 16.7. The molecular weight excluding hydrogens is 349 g/mol. The van der Waals surface area contributed by atoms with Gasteiger partial charge in [-0.25, -0.2) is 0 Å². The third-order valence-electron chi connectivity index (χ3n) is 2.60. The maximum atomic E-state index is 12.4. The summed E-state index contributed by atoms with van der Waals surface area (Å²) < 4.78 is -0.695. The number of benzene rings is 1. The van der Waals surface area contributed by atoms with Crippen molar-refractivity contribution in [3.05, 3.63) is 42.4 Å². The van der Waals surface area contributed by atoms with Crippen LogP contribution >= 0.6 is 34.8 Å². The van der Waals surface area contributed by atoms with E-state index >= 15 is 0 Å². The molecule has 0 aliphatic rings. The zero-order valence-corrected chi connectivity index (χ0v) is 14.0. The predicted molar refractivity (Wildman–Crippen MR) is 86.1 cm³/mol. The van der Waals surface area contributed by atoms with E-state index in [0.717, 1.165) is 0 Å². The van der Waals surface area contributed by atoms with Crippen LogP contribution < -0.4 is 0 Å². The van der Waals surface area contributed by atoms with E-state index < -0.39 is 9.58 Å². The Kier molecular flexibility index (Phi) is 5.05. The fourth-order valence-corrected chi connectivity index (χ4v) is 2.03. The molecule has 0 fully saturated rings. The number of para-hydroxylation sites is 1. The quantitative estimate of drug-likeness (QED) is 0.619. The highest BCUT2D eigenvalue weighted by Crippen LogP contribution is 2.33. The molecule has 1 aromatic carbocycles. The summed E-state index contributed by atoms with van der Waals surface area (Å²) in [5.74, 6) is -0.519. The molecule has 0 radical (unpaired) electrons. The molecule has 2 rings (SSSR count). The molecule has 0 spiro atoms. The average Bonchev–Trinajstić information content (AvgIpc) is 2.93. The Morgan fingerprint density at radius 1 is 1.23 bits per heavy atom. The van der Waals surface area contributed by atoms with Gasteiger partial charge in [0.05, 0.1) is 11.3 Å². The number of hydrogen-bond donors (Lipinski definition) is 0. The number of alkyl halides is 3. The highest BCUT2D eigenvalue weighted by atomic mass is 35.6. The lowest BCUT2D eigenvalue weighted by atomic mass is 10.1. The number of allylic oxidation sites excluding steroid dienone is 1. The Bertz CT molecular complexity index is 691. The van der Waals surface area contributed by atoms with E-state index in [9.17, 15) is 4.79 Å². The van der Waals surface area contributed by atoms with Crippen LogP contribution in [0.5, 0.6) is 0 Å². The minimum Gasteiger partial charge on any atom is -0.383 e. The Hall–Kier alpha value is -1.63. The Labute approximate surface area is 142 Å². The topological polar surface area (TPSA) is 63.9 Å². The summed E-state index contributed by atoms with van der Waals surface area (Å²) in [7, 11) is 3.48. The van der Waals surface area contributed by atoms with Crippen molar-refractivity contribution < 1.29 is 4.79 Å². The minimum atomic E-state index is -2.10. The number of aromatic nitrogens is 4. The van der Waals surface area contributed by atoms with Gasteiger partial charge in [-0.2, -0.15) is 4.68 Å². The molecule has 22 heavy (non-hydrogen) atoms. The van der Waals surface area contributed by atoms with Gasteiger partial charge in [0.2, 0.25) is 5.78 Å². The van der Waals surface area contributed by atoms with E-state index in [1.165, 1.54) is 10.9 Å². The maximum Gasteiger partial charge on any atom is 0.253 e. The molecule has 2 aromatic rings. The van der Waals surface area contributed by atoms with Crippen LogP contribution in [0.4, 0.5) is 0 Å². The van der Waals surface area contributed by atoms with E-state index in [1.54, 1.807) is 31.1 Å². The maximum absolute atomic E-state index is 12.4. The number of Topliss-reactive ketones (excluding diaryl/α,β-unsaturated/α-hetero) is 1. The van der Waals surface area contributed by atoms with Gasteiger partial charge in [-0.3, -0.25) is 4.79 Å². The van der Waals surface area contributed by atoms with Gasteiger partial charge in [0.15, 0.2) is 5.82 Å². The van der Waals surface area contributed by atoms with Crippen molar-refractivity contribution in [3.8, 4) is 5.69 Å². The van der Waals surface area contributed by atoms with Crippen LogP contribution in [0.3, 0.4) is 0 Å². The summed E-state index contributed by atoms with van der Waals surface area (Å²) in [6.07, 6.45) is 1.51. The first-order valence-corrected chi connectivity index (χ1v) is 7.28. The summed E-state index contributed by atoms with van der Waals surface area (Å²) in [5.41, 5.74) is 0.781. The van der Waals surface area contributed by atoms with Crippen LogP contribution in [-0.4, -0.2) is 48.8 Å². The van der Waals surface area contributed by atoms with Crippen LogP contribution in [0.1, 0.15) is 5.82 Å². The van der Waals surface area contributed by atoms with E-state index in [1.807, 2.05) is 18.2 Å². The Balaban J connectivity index is 2.56. The SMILES string of the molecule is CN(C)/C=C(/C(=O)C(Cl)(Cl)Cl)c1nnnn1-c1ccccc1. The van der Waals surface area contributed by atoms with Gasteiger partial charge in [-0.15, -0.1) is 5.10 Å². The summed E-state index contributed by atoms with van der Waals surface area (Å²) in [5, 5.41) is 11.4. The van der Waals surface area contributed by atoms with E-state index in [-0.39, 0.29) is 11.4 Å². The molecule has 0 bridgehead atoms. The van der Waals surface area contributed by atoms with Crippen molar-refractivity contribution in [1.29, 1.82) is 0 Å². The largest absolute Gasteiger partial charge is 0.383 e. The molecule has 0 atom stereocenters. The highest BCUT2D eigenvalue weighted by molar-refractivity contribution is 6.79. The van der Waals surface area contributed by atoms with Crippen LogP contribution in [0, 0.1) is 0 Å². The normalized spacial score (nSPS) is 12.3. The molecule has 1 heterocycles. The molecule has 9 heteroatoms. The number of tetrazole rings is 1. The van der Waals surface area contributed by atoms with E-state index in [0.29, 0.717) is 5.69 Å². The number of ketones is 1. The van der Waals surface area contributed by atoms with Gasteiger partial charge in [0, 0.05) is 20.3 Å².